The molecule has 1 aromatic carbocycles. The molecule has 0 radical (unpaired) electrons. The fourth-order valence-electron chi connectivity index (χ4n) is 2.47. The number of benzene rings is 1. The van der Waals surface area contributed by atoms with Crippen LogP contribution in [0.15, 0.2) is 52.4 Å². The fourth-order valence-corrected chi connectivity index (χ4v) is 4.25. The number of sulfone groups is 1. The average Bonchev–Trinajstić information content (AvgIpc) is 3.32. The lowest BCUT2D eigenvalue weighted by atomic mass is 10.1. The standard InChI is InChI=1S/C18H19N3O4S2/c1-13(14-6-3-2-4-7-14)19-16(22)9-11-27(23,24)12-17-20-18(21-25-17)15-8-5-10-26-15/h2-8,10,13H,9,11-12H2,1H3,(H,19,22). The molecule has 3 rings (SSSR count). The van der Waals surface area contributed by atoms with Crippen molar-refractivity contribution in [1.82, 2.24) is 15.5 Å². The van der Waals surface area contributed by atoms with Gasteiger partial charge in [-0.05, 0) is 23.9 Å². The number of rotatable bonds is 8. The van der Waals surface area contributed by atoms with Gasteiger partial charge >= 0.3 is 0 Å². The molecule has 0 fully saturated rings. The first-order chi connectivity index (χ1) is 12.9. The quantitative estimate of drug-likeness (QED) is 0.618. The van der Waals surface area contributed by atoms with Crippen molar-refractivity contribution in [2.24, 2.45) is 0 Å². The second-order valence-corrected chi connectivity index (χ2v) is 9.16. The number of carbonyl (C=O) groups excluding carboxylic acids is 1. The maximum atomic E-state index is 12.3. The highest BCUT2D eigenvalue weighted by Crippen LogP contribution is 2.21. The lowest BCUT2D eigenvalue weighted by Crippen LogP contribution is -2.28. The maximum absolute atomic E-state index is 12.3. The Hall–Kier alpha value is -2.52. The van der Waals surface area contributed by atoms with Gasteiger partial charge in [0.1, 0.15) is 5.75 Å². The highest BCUT2D eigenvalue weighted by Gasteiger charge is 2.20. The van der Waals surface area contributed by atoms with E-state index in [1.165, 1.54) is 11.3 Å². The van der Waals surface area contributed by atoms with Gasteiger partial charge in [-0.3, -0.25) is 4.79 Å². The second-order valence-electron chi connectivity index (χ2n) is 6.03. The Balaban J connectivity index is 1.52. The molecule has 0 bridgehead atoms. The molecule has 0 saturated heterocycles. The van der Waals surface area contributed by atoms with Crippen LogP contribution in [0.5, 0.6) is 0 Å². The minimum absolute atomic E-state index is 0.0245. The monoisotopic (exact) mass is 405 g/mol. The molecule has 0 aliphatic heterocycles. The van der Waals surface area contributed by atoms with E-state index in [-0.39, 0.29) is 35.8 Å². The van der Waals surface area contributed by atoms with Gasteiger partial charge in [0, 0.05) is 6.42 Å². The summed E-state index contributed by atoms with van der Waals surface area (Å²) in [6, 6.07) is 13.0. The molecule has 9 heteroatoms. The molecule has 0 spiro atoms. The summed E-state index contributed by atoms with van der Waals surface area (Å²) in [5, 5.41) is 8.47. The first-order valence-electron chi connectivity index (χ1n) is 8.34. The van der Waals surface area contributed by atoms with E-state index in [1.54, 1.807) is 0 Å². The van der Waals surface area contributed by atoms with E-state index < -0.39 is 9.84 Å². The van der Waals surface area contributed by atoms with Gasteiger partial charge in [-0.25, -0.2) is 8.42 Å². The van der Waals surface area contributed by atoms with E-state index in [0.29, 0.717) is 5.82 Å². The molecule has 142 valence electrons. The van der Waals surface area contributed by atoms with E-state index in [0.717, 1.165) is 10.4 Å². The van der Waals surface area contributed by atoms with Gasteiger partial charge < -0.3 is 9.84 Å². The van der Waals surface area contributed by atoms with Gasteiger partial charge in [0.25, 0.3) is 0 Å². The van der Waals surface area contributed by atoms with Crippen LogP contribution in [0.25, 0.3) is 10.7 Å². The van der Waals surface area contributed by atoms with E-state index in [9.17, 15) is 13.2 Å². The van der Waals surface area contributed by atoms with Crippen LogP contribution >= 0.6 is 11.3 Å². The maximum Gasteiger partial charge on any atom is 0.242 e. The number of nitrogens with zero attached hydrogens (tertiary/aromatic N) is 2. The van der Waals surface area contributed by atoms with Crippen molar-refractivity contribution in [3.63, 3.8) is 0 Å². The van der Waals surface area contributed by atoms with Crippen LogP contribution in [-0.2, 0) is 20.4 Å². The topological polar surface area (TPSA) is 102 Å². The summed E-state index contributed by atoms with van der Waals surface area (Å²) in [6.07, 6.45) is -0.120. The van der Waals surface area contributed by atoms with Crippen molar-refractivity contribution in [2.45, 2.75) is 25.1 Å². The zero-order chi connectivity index (χ0) is 19.3. The predicted molar refractivity (Wildman–Crippen MR) is 103 cm³/mol. The Bertz CT molecular complexity index is 983. The Kier molecular flexibility index (Phi) is 6.02. The number of hydrogen-bond acceptors (Lipinski definition) is 7. The van der Waals surface area contributed by atoms with E-state index in [2.05, 4.69) is 15.5 Å². The minimum Gasteiger partial charge on any atom is -0.350 e. The summed E-state index contributed by atoms with van der Waals surface area (Å²) in [6.45, 7) is 1.85. The summed E-state index contributed by atoms with van der Waals surface area (Å²) >= 11 is 1.44. The van der Waals surface area contributed by atoms with Crippen LogP contribution in [0, 0.1) is 0 Å². The molecule has 1 amide bonds. The van der Waals surface area contributed by atoms with Gasteiger partial charge in [0.15, 0.2) is 9.84 Å². The average molecular weight is 406 g/mol. The molecule has 2 heterocycles. The van der Waals surface area contributed by atoms with Crippen LogP contribution in [0.3, 0.4) is 0 Å². The first-order valence-corrected chi connectivity index (χ1v) is 11.0. The normalized spacial score (nSPS) is 12.6. The van der Waals surface area contributed by atoms with Crippen LogP contribution in [-0.4, -0.2) is 30.2 Å². The largest absolute Gasteiger partial charge is 0.350 e. The van der Waals surface area contributed by atoms with Crippen molar-refractivity contribution < 1.29 is 17.7 Å². The molecular formula is C18H19N3O4S2. The molecule has 0 aliphatic rings. The van der Waals surface area contributed by atoms with Gasteiger partial charge in [-0.2, -0.15) is 4.98 Å². The number of carbonyl (C=O) groups is 1. The van der Waals surface area contributed by atoms with Crippen molar-refractivity contribution in [3.05, 3.63) is 59.3 Å². The molecule has 0 aliphatic carbocycles. The lowest BCUT2D eigenvalue weighted by molar-refractivity contribution is -0.121. The summed E-state index contributed by atoms with van der Waals surface area (Å²) in [7, 11) is -3.54. The molecule has 3 aromatic rings. The molecule has 7 nitrogen and oxygen atoms in total. The molecule has 1 N–H and O–H groups in total. The van der Waals surface area contributed by atoms with Crippen molar-refractivity contribution in [3.8, 4) is 10.7 Å². The number of amides is 1. The van der Waals surface area contributed by atoms with Gasteiger partial charge in [-0.15, -0.1) is 11.3 Å². The SMILES string of the molecule is CC(NC(=O)CCS(=O)(=O)Cc1nc(-c2cccs2)no1)c1ccccc1. The van der Waals surface area contributed by atoms with Gasteiger partial charge in [0.05, 0.1) is 16.7 Å². The van der Waals surface area contributed by atoms with Crippen molar-refractivity contribution >= 4 is 27.1 Å². The van der Waals surface area contributed by atoms with E-state index in [4.69, 9.17) is 4.52 Å². The number of thiophene rings is 1. The van der Waals surface area contributed by atoms with Crippen LogP contribution in [0.2, 0.25) is 0 Å². The van der Waals surface area contributed by atoms with Gasteiger partial charge in [0.2, 0.25) is 17.6 Å². The molecule has 0 saturated carbocycles. The Morgan fingerprint density at radius 2 is 2.00 bits per heavy atom. The predicted octanol–water partition coefficient (Wildman–Crippen LogP) is 2.98. The lowest BCUT2D eigenvalue weighted by Gasteiger charge is -2.14. The first kappa shape index (κ1) is 19.2. The number of aromatic nitrogens is 2. The Morgan fingerprint density at radius 3 is 2.70 bits per heavy atom. The van der Waals surface area contributed by atoms with E-state index in [1.807, 2.05) is 54.8 Å². The fraction of sp³-hybridized carbons (Fsp3) is 0.278. The summed E-state index contributed by atoms with van der Waals surface area (Å²) in [5.41, 5.74) is 0.959. The third-order valence-electron chi connectivity index (χ3n) is 3.87. The Labute approximate surface area is 161 Å². The van der Waals surface area contributed by atoms with Crippen molar-refractivity contribution in [1.29, 1.82) is 0 Å². The molecule has 1 unspecified atom stereocenters. The molecule has 27 heavy (non-hydrogen) atoms. The van der Waals surface area contributed by atoms with Crippen LogP contribution in [0.4, 0.5) is 0 Å². The molecule has 1 atom stereocenters. The summed E-state index contributed by atoms with van der Waals surface area (Å²) in [4.78, 5) is 17.0. The summed E-state index contributed by atoms with van der Waals surface area (Å²) < 4.78 is 29.5. The highest BCUT2D eigenvalue weighted by molar-refractivity contribution is 7.90. The highest BCUT2D eigenvalue weighted by atomic mass is 32.2. The molecule has 2 aromatic heterocycles. The molecular weight excluding hydrogens is 386 g/mol. The Morgan fingerprint density at radius 1 is 1.22 bits per heavy atom. The van der Waals surface area contributed by atoms with Crippen LogP contribution in [0.1, 0.15) is 30.8 Å². The van der Waals surface area contributed by atoms with Crippen molar-refractivity contribution in [2.75, 3.05) is 5.75 Å². The summed E-state index contributed by atoms with van der Waals surface area (Å²) in [5.74, 6) is -0.593. The smallest absolute Gasteiger partial charge is 0.242 e. The number of hydrogen-bond donors (Lipinski definition) is 1. The van der Waals surface area contributed by atoms with Crippen LogP contribution < -0.4 is 5.32 Å². The zero-order valence-corrected chi connectivity index (χ0v) is 16.3. The zero-order valence-electron chi connectivity index (χ0n) is 14.7. The third-order valence-corrected chi connectivity index (χ3v) is 6.25. The van der Waals surface area contributed by atoms with E-state index >= 15 is 0 Å². The minimum atomic E-state index is -3.54. The third kappa shape index (κ3) is 5.48. The van der Waals surface area contributed by atoms with Gasteiger partial charge in [-0.1, -0.05) is 41.6 Å². The second kappa shape index (κ2) is 8.45. The number of nitrogens with one attached hydrogen (secondary N) is 1.